The third kappa shape index (κ3) is 4.62. The third-order valence-corrected chi connectivity index (χ3v) is 5.55. The van der Waals surface area contributed by atoms with E-state index < -0.39 is 4.92 Å². The Morgan fingerprint density at radius 3 is 2.52 bits per heavy atom. The van der Waals surface area contributed by atoms with Gasteiger partial charge in [0.05, 0.1) is 10.7 Å². The second-order valence-electron chi connectivity index (χ2n) is 6.37. The lowest BCUT2D eigenvalue weighted by Gasteiger charge is -2.10. The molecule has 8 nitrogen and oxygen atoms in total. The Morgan fingerprint density at radius 1 is 1.06 bits per heavy atom. The molecule has 2 aromatic carbocycles. The van der Waals surface area contributed by atoms with Gasteiger partial charge in [0.25, 0.3) is 5.69 Å². The fraction of sp³-hybridized carbons (Fsp3) is 0.0476. The van der Waals surface area contributed by atoms with Crippen LogP contribution in [0.25, 0.3) is 17.1 Å². The minimum Gasteiger partial charge on any atom is -0.293 e. The number of benzene rings is 2. The molecule has 2 aromatic heterocycles. The van der Waals surface area contributed by atoms with Gasteiger partial charge in [-0.2, -0.15) is 0 Å². The second kappa shape index (κ2) is 9.07. The first-order valence-corrected chi connectivity index (χ1v) is 10.4. The average molecular weight is 452 g/mol. The predicted molar refractivity (Wildman–Crippen MR) is 118 cm³/mol. The summed E-state index contributed by atoms with van der Waals surface area (Å²) in [4.78, 5) is 27.1. The zero-order chi connectivity index (χ0) is 21.8. The van der Waals surface area contributed by atoms with Crippen LogP contribution in [0.1, 0.15) is 10.4 Å². The Balaban J connectivity index is 1.65. The molecule has 0 saturated heterocycles. The van der Waals surface area contributed by atoms with Gasteiger partial charge >= 0.3 is 0 Å². The number of ketones is 1. The fourth-order valence-corrected chi connectivity index (χ4v) is 3.85. The molecule has 0 radical (unpaired) electrons. The van der Waals surface area contributed by atoms with E-state index in [2.05, 4.69) is 15.2 Å². The van der Waals surface area contributed by atoms with Gasteiger partial charge < -0.3 is 0 Å². The van der Waals surface area contributed by atoms with Crippen LogP contribution in [0.3, 0.4) is 0 Å². The topological polar surface area (TPSA) is 104 Å². The normalized spacial score (nSPS) is 10.7. The van der Waals surface area contributed by atoms with E-state index in [0.29, 0.717) is 16.0 Å². The van der Waals surface area contributed by atoms with E-state index in [9.17, 15) is 14.9 Å². The molecule has 0 atom stereocenters. The van der Waals surface area contributed by atoms with E-state index >= 15 is 0 Å². The quantitative estimate of drug-likeness (QED) is 0.171. The smallest absolute Gasteiger partial charge is 0.270 e. The van der Waals surface area contributed by atoms with Crippen LogP contribution >= 0.6 is 23.4 Å². The molecule has 154 valence electrons. The zero-order valence-electron chi connectivity index (χ0n) is 15.9. The minimum absolute atomic E-state index is 0.0449. The van der Waals surface area contributed by atoms with Crippen molar-refractivity contribution in [3.8, 4) is 17.1 Å². The maximum atomic E-state index is 12.6. The standard InChI is InChI=1S/C21H14ClN5O3S/c22-16-4-6-17(7-5-16)26-20(14-8-10-23-11-9-14)24-25-21(26)31-13-19(28)15-2-1-3-18(12-15)27(29)30/h1-12H,13H2. The number of hydrogen-bond donors (Lipinski definition) is 0. The van der Waals surface area contributed by atoms with E-state index in [1.165, 1.54) is 30.0 Å². The highest BCUT2D eigenvalue weighted by Gasteiger charge is 2.18. The van der Waals surface area contributed by atoms with Crippen molar-refractivity contribution >= 4 is 34.8 Å². The number of aromatic nitrogens is 4. The number of nitrogens with zero attached hydrogens (tertiary/aromatic N) is 5. The van der Waals surface area contributed by atoms with Gasteiger partial charge in [-0.25, -0.2) is 0 Å². The highest BCUT2D eigenvalue weighted by molar-refractivity contribution is 7.99. The molecule has 0 saturated carbocycles. The monoisotopic (exact) mass is 451 g/mol. The molecule has 0 fully saturated rings. The van der Waals surface area contributed by atoms with E-state index in [1.807, 2.05) is 28.8 Å². The Hall–Kier alpha value is -3.56. The molecular formula is C21H14ClN5O3S. The number of thioether (sulfide) groups is 1. The molecule has 4 aromatic rings. The van der Waals surface area contributed by atoms with Gasteiger partial charge in [0.1, 0.15) is 0 Å². The minimum atomic E-state index is -0.526. The average Bonchev–Trinajstić information content (AvgIpc) is 3.22. The van der Waals surface area contributed by atoms with Crippen LogP contribution in [0.5, 0.6) is 0 Å². The van der Waals surface area contributed by atoms with Crippen molar-refractivity contribution < 1.29 is 9.72 Å². The Morgan fingerprint density at radius 2 is 1.81 bits per heavy atom. The molecule has 10 heteroatoms. The van der Waals surface area contributed by atoms with Crippen molar-refractivity contribution in [3.63, 3.8) is 0 Å². The van der Waals surface area contributed by atoms with Crippen LogP contribution in [-0.4, -0.2) is 36.2 Å². The molecule has 0 bridgehead atoms. The summed E-state index contributed by atoms with van der Waals surface area (Å²) in [5.74, 6) is 0.392. The molecule has 2 heterocycles. The molecule has 0 amide bonds. The second-order valence-corrected chi connectivity index (χ2v) is 7.75. The summed E-state index contributed by atoms with van der Waals surface area (Å²) in [5.41, 5.74) is 1.74. The molecule has 0 aliphatic heterocycles. The number of Topliss-reactive ketones (excluding diaryl/α,β-unsaturated/α-hetero) is 1. The first-order chi connectivity index (χ1) is 15.0. The summed E-state index contributed by atoms with van der Waals surface area (Å²) in [5, 5.41) is 20.6. The molecule has 0 aliphatic rings. The van der Waals surface area contributed by atoms with Gasteiger partial charge in [-0.1, -0.05) is 35.5 Å². The Labute approximate surface area is 186 Å². The molecule has 4 rings (SSSR count). The van der Waals surface area contributed by atoms with Crippen molar-refractivity contribution in [2.24, 2.45) is 0 Å². The predicted octanol–water partition coefficient (Wildman–Crippen LogP) is 4.87. The summed E-state index contributed by atoms with van der Waals surface area (Å²) in [6.07, 6.45) is 3.32. The number of non-ortho nitro benzene ring substituents is 1. The first-order valence-electron chi connectivity index (χ1n) is 9.05. The highest BCUT2D eigenvalue weighted by Crippen LogP contribution is 2.29. The number of carbonyl (C=O) groups is 1. The van der Waals surface area contributed by atoms with E-state index in [-0.39, 0.29) is 22.8 Å². The molecule has 0 aliphatic carbocycles. The van der Waals surface area contributed by atoms with Gasteiger partial charge in [0.2, 0.25) is 0 Å². The lowest BCUT2D eigenvalue weighted by atomic mass is 10.1. The van der Waals surface area contributed by atoms with Crippen LogP contribution in [-0.2, 0) is 0 Å². The number of nitro benzene ring substituents is 1. The van der Waals surface area contributed by atoms with Gasteiger partial charge in [-0.3, -0.25) is 24.5 Å². The number of nitro groups is 1. The number of carbonyl (C=O) groups excluding carboxylic acids is 1. The SMILES string of the molecule is O=C(CSc1nnc(-c2ccncc2)n1-c1ccc(Cl)cc1)c1cccc([N+](=O)[O-])c1. The summed E-state index contributed by atoms with van der Waals surface area (Å²) >= 11 is 7.23. The Bertz CT molecular complexity index is 1250. The number of rotatable bonds is 7. The first kappa shape index (κ1) is 20.7. The third-order valence-electron chi connectivity index (χ3n) is 4.37. The van der Waals surface area contributed by atoms with Crippen LogP contribution in [0.4, 0.5) is 5.69 Å². The van der Waals surface area contributed by atoms with Crippen molar-refractivity contribution in [1.29, 1.82) is 0 Å². The molecule has 31 heavy (non-hydrogen) atoms. The van der Waals surface area contributed by atoms with Crippen molar-refractivity contribution in [2.75, 3.05) is 5.75 Å². The van der Waals surface area contributed by atoms with Gasteiger partial charge in [-0.15, -0.1) is 10.2 Å². The number of halogens is 1. The Kier molecular flexibility index (Phi) is 6.06. The van der Waals surface area contributed by atoms with E-state index in [1.54, 1.807) is 30.6 Å². The molecule has 0 spiro atoms. The molecule has 0 N–H and O–H groups in total. The van der Waals surface area contributed by atoms with Crippen LogP contribution < -0.4 is 0 Å². The van der Waals surface area contributed by atoms with Gasteiger partial charge in [-0.05, 0) is 36.4 Å². The number of pyridine rings is 1. The molecule has 0 unspecified atom stereocenters. The van der Waals surface area contributed by atoms with Crippen LogP contribution in [0.15, 0.2) is 78.2 Å². The lowest BCUT2D eigenvalue weighted by molar-refractivity contribution is -0.384. The summed E-state index contributed by atoms with van der Waals surface area (Å²) < 4.78 is 1.83. The van der Waals surface area contributed by atoms with Crippen molar-refractivity contribution in [3.05, 3.63) is 93.8 Å². The van der Waals surface area contributed by atoms with Crippen LogP contribution in [0.2, 0.25) is 5.02 Å². The summed E-state index contributed by atoms with van der Waals surface area (Å²) in [6, 6.07) is 16.5. The van der Waals surface area contributed by atoms with Crippen molar-refractivity contribution in [1.82, 2.24) is 19.7 Å². The number of hydrogen-bond acceptors (Lipinski definition) is 7. The lowest BCUT2D eigenvalue weighted by Crippen LogP contribution is -2.05. The van der Waals surface area contributed by atoms with Gasteiger partial charge in [0, 0.05) is 46.4 Å². The maximum absolute atomic E-state index is 12.6. The van der Waals surface area contributed by atoms with Gasteiger partial charge in [0.15, 0.2) is 16.8 Å². The summed E-state index contributed by atoms with van der Waals surface area (Å²) in [6.45, 7) is 0. The fourth-order valence-electron chi connectivity index (χ4n) is 2.88. The van der Waals surface area contributed by atoms with Crippen LogP contribution in [0, 0.1) is 10.1 Å². The van der Waals surface area contributed by atoms with E-state index in [0.717, 1.165) is 11.3 Å². The maximum Gasteiger partial charge on any atom is 0.270 e. The van der Waals surface area contributed by atoms with Crippen molar-refractivity contribution in [2.45, 2.75) is 5.16 Å². The molecular weight excluding hydrogens is 438 g/mol. The largest absolute Gasteiger partial charge is 0.293 e. The van der Waals surface area contributed by atoms with E-state index in [4.69, 9.17) is 11.6 Å². The zero-order valence-corrected chi connectivity index (χ0v) is 17.5. The summed E-state index contributed by atoms with van der Waals surface area (Å²) in [7, 11) is 0. The highest BCUT2D eigenvalue weighted by atomic mass is 35.5.